The van der Waals surface area contributed by atoms with Crippen molar-refractivity contribution in [3.8, 4) is 11.5 Å². The summed E-state index contributed by atoms with van der Waals surface area (Å²) < 4.78 is 38.2. The molecule has 0 aliphatic rings. The van der Waals surface area contributed by atoms with Gasteiger partial charge in [0.05, 0.1) is 5.69 Å². The third-order valence-electron chi connectivity index (χ3n) is 4.06. The molecule has 0 amide bonds. The fourth-order valence-corrected chi connectivity index (χ4v) is 3.37. The lowest BCUT2D eigenvalue weighted by atomic mass is 10.0. The molecule has 2 heterocycles. The van der Waals surface area contributed by atoms with Crippen molar-refractivity contribution in [2.45, 2.75) is 38.7 Å². The summed E-state index contributed by atoms with van der Waals surface area (Å²) in [5, 5.41) is 3.68. The van der Waals surface area contributed by atoms with Gasteiger partial charge in [-0.2, -0.15) is 8.42 Å². The number of hydrogen-bond donors (Lipinski definition) is 1. The molecule has 25 heavy (non-hydrogen) atoms. The molecule has 132 valence electrons. The van der Waals surface area contributed by atoms with Gasteiger partial charge >= 0.3 is 0 Å². The van der Waals surface area contributed by atoms with Crippen molar-refractivity contribution in [1.82, 2.24) is 5.16 Å². The predicted molar refractivity (Wildman–Crippen MR) is 95.0 cm³/mol. The summed E-state index contributed by atoms with van der Waals surface area (Å²) in [6.07, 6.45) is 0. The molecule has 0 spiro atoms. The summed E-state index contributed by atoms with van der Waals surface area (Å²) in [7, 11) is -3.82. The van der Waals surface area contributed by atoms with Crippen molar-refractivity contribution in [2.75, 3.05) is 4.72 Å². The average molecular weight is 360 g/mol. The van der Waals surface area contributed by atoms with Gasteiger partial charge in [0.1, 0.15) is 0 Å². The molecule has 7 heteroatoms. The molecular weight excluding hydrogens is 340 g/mol. The average Bonchev–Trinajstić information content (AvgIpc) is 3.16. The minimum Gasteiger partial charge on any atom is -0.439 e. The molecule has 1 aromatic carbocycles. The summed E-state index contributed by atoms with van der Waals surface area (Å²) >= 11 is 0. The van der Waals surface area contributed by atoms with E-state index in [4.69, 9.17) is 8.94 Å². The van der Waals surface area contributed by atoms with E-state index >= 15 is 0 Å². The van der Waals surface area contributed by atoms with E-state index in [2.05, 4.69) is 23.7 Å². The summed E-state index contributed by atoms with van der Waals surface area (Å²) in [6.45, 7) is 7.81. The Kier molecular flexibility index (Phi) is 4.43. The number of anilines is 1. The molecule has 0 aliphatic carbocycles. The van der Waals surface area contributed by atoms with Gasteiger partial charge in [-0.05, 0) is 49.6 Å². The number of sulfonamides is 1. The molecule has 0 saturated heterocycles. The Morgan fingerprint density at radius 2 is 1.72 bits per heavy atom. The van der Waals surface area contributed by atoms with Gasteiger partial charge < -0.3 is 8.94 Å². The zero-order chi connectivity index (χ0) is 18.2. The highest BCUT2D eigenvalue weighted by Crippen LogP contribution is 2.29. The van der Waals surface area contributed by atoms with Gasteiger partial charge in [-0.1, -0.05) is 31.1 Å². The largest absolute Gasteiger partial charge is 0.439 e. The zero-order valence-corrected chi connectivity index (χ0v) is 15.3. The maximum atomic E-state index is 12.5. The Bertz CT molecular complexity index is 983. The molecule has 0 saturated carbocycles. The minimum absolute atomic E-state index is 0.177. The Labute approximate surface area is 146 Å². The molecule has 3 rings (SSSR count). The highest BCUT2D eigenvalue weighted by atomic mass is 32.2. The number of nitrogens with zero attached hydrogens (tertiary/aromatic N) is 1. The van der Waals surface area contributed by atoms with E-state index in [1.165, 1.54) is 6.07 Å². The second-order valence-corrected chi connectivity index (χ2v) is 7.84. The highest BCUT2D eigenvalue weighted by Gasteiger charge is 2.22. The van der Waals surface area contributed by atoms with Crippen LogP contribution in [0.2, 0.25) is 0 Å². The molecule has 0 unspecified atom stereocenters. The lowest BCUT2D eigenvalue weighted by molar-refractivity contribution is 0.398. The fourth-order valence-electron chi connectivity index (χ4n) is 2.37. The Balaban J connectivity index is 1.84. The van der Waals surface area contributed by atoms with Crippen molar-refractivity contribution < 1.29 is 17.4 Å². The number of furan rings is 1. The lowest BCUT2D eigenvalue weighted by Gasteiger charge is -2.08. The van der Waals surface area contributed by atoms with Crippen molar-refractivity contribution in [2.24, 2.45) is 0 Å². The van der Waals surface area contributed by atoms with Crippen LogP contribution in [0.5, 0.6) is 0 Å². The van der Waals surface area contributed by atoms with Crippen LogP contribution in [0.25, 0.3) is 11.5 Å². The van der Waals surface area contributed by atoms with E-state index in [1.807, 2.05) is 26.0 Å². The molecule has 0 atom stereocenters. The third kappa shape index (κ3) is 3.46. The first-order valence-corrected chi connectivity index (χ1v) is 9.42. The van der Waals surface area contributed by atoms with Crippen LogP contribution in [0.15, 0.2) is 50.4 Å². The topological polar surface area (TPSA) is 85.3 Å². The highest BCUT2D eigenvalue weighted by molar-refractivity contribution is 7.92. The second-order valence-electron chi connectivity index (χ2n) is 6.22. The quantitative estimate of drug-likeness (QED) is 0.725. The molecule has 0 radical (unpaired) electrons. The van der Waals surface area contributed by atoms with Gasteiger partial charge in [-0.25, -0.2) is 0 Å². The second kappa shape index (κ2) is 6.40. The van der Waals surface area contributed by atoms with Gasteiger partial charge in [0.25, 0.3) is 10.0 Å². The van der Waals surface area contributed by atoms with Crippen LogP contribution in [-0.4, -0.2) is 13.6 Å². The predicted octanol–water partition coefficient (Wildman–Crippen LogP) is 4.48. The first kappa shape index (κ1) is 17.3. The van der Waals surface area contributed by atoms with Crippen LogP contribution in [0.3, 0.4) is 0 Å². The Morgan fingerprint density at radius 3 is 2.28 bits per heavy atom. The van der Waals surface area contributed by atoms with Gasteiger partial charge in [0, 0.05) is 11.3 Å². The monoisotopic (exact) mass is 360 g/mol. The summed E-state index contributed by atoms with van der Waals surface area (Å²) in [5.41, 5.74) is 3.17. The van der Waals surface area contributed by atoms with Gasteiger partial charge in [-0.15, -0.1) is 0 Å². The van der Waals surface area contributed by atoms with Gasteiger partial charge in [-0.3, -0.25) is 4.72 Å². The number of aryl methyl sites for hydroxylation is 1. The van der Waals surface area contributed by atoms with Gasteiger partial charge in [0.2, 0.25) is 10.9 Å². The first-order chi connectivity index (χ1) is 11.8. The molecule has 0 fully saturated rings. The van der Waals surface area contributed by atoms with Crippen molar-refractivity contribution in [1.29, 1.82) is 0 Å². The first-order valence-electron chi connectivity index (χ1n) is 7.94. The Morgan fingerprint density at radius 1 is 1.04 bits per heavy atom. The molecule has 0 aliphatic heterocycles. The number of hydrogen-bond acceptors (Lipinski definition) is 5. The van der Waals surface area contributed by atoms with E-state index in [1.54, 1.807) is 18.2 Å². The molecular formula is C18H20N2O4S. The van der Waals surface area contributed by atoms with E-state index in [0.29, 0.717) is 23.1 Å². The Hall–Kier alpha value is -2.54. The van der Waals surface area contributed by atoms with Crippen molar-refractivity contribution in [3.63, 3.8) is 0 Å². The number of rotatable bonds is 5. The van der Waals surface area contributed by atoms with E-state index in [-0.39, 0.29) is 5.09 Å². The van der Waals surface area contributed by atoms with Crippen molar-refractivity contribution >= 4 is 15.7 Å². The van der Waals surface area contributed by atoms with Crippen LogP contribution < -0.4 is 4.72 Å². The van der Waals surface area contributed by atoms with E-state index in [9.17, 15) is 8.42 Å². The number of aromatic nitrogens is 1. The van der Waals surface area contributed by atoms with Crippen LogP contribution in [0, 0.1) is 13.8 Å². The van der Waals surface area contributed by atoms with Crippen LogP contribution in [0.1, 0.15) is 36.6 Å². The maximum Gasteiger partial charge on any atom is 0.295 e. The SMILES string of the molecule is Cc1noc(-c2ccc(S(=O)(=O)Nc3ccc(C(C)C)cc3)o2)c1C. The minimum atomic E-state index is -3.82. The maximum absolute atomic E-state index is 12.5. The third-order valence-corrected chi connectivity index (χ3v) is 5.31. The van der Waals surface area contributed by atoms with Crippen LogP contribution in [-0.2, 0) is 10.0 Å². The van der Waals surface area contributed by atoms with E-state index in [0.717, 1.165) is 16.8 Å². The van der Waals surface area contributed by atoms with Crippen LogP contribution >= 0.6 is 0 Å². The smallest absolute Gasteiger partial charge is 0.295 e. The number of nitrogens with one attached hydrogen (secondary N) is 1. The molecule has 0 bridgehead atoms. The molecule has 2 aromatic heterocycles. The number of benzene rings is 1. The fraction of sp³-hybridized carbons (Fsp3) is 0.278. The van der Waals surface area contributed by atoms with Gasteiger partial charge in [0.15, 0.2) is 5.76 Å². The lowest BCUT2D eigenvalue weighted by Crippen LogP contribution is -2.12. The van der Waals surface area contributed by atoms with E-state index < -0.39 is 10.0 Å². The summed E-state index contributed by atoms with van der Waals surface area (Å²) in [5.74, 6) is 1.14. The summed E-state index contributed by atoms with van der Waals surface area (Å²) in [6, 6.07) is 10.2. The summed E-state index contributed by atoms with van der Waals surface area (Å²) in [4.78, 5) is 0. The molecule has 3 aromatic rings. The molecule has 1 N–H and O–H groups in total. The van der Waals surface area contributed by atoms with Crippen LogP contribution in [0.4, 0.5) is 5.69 Å². The zero-order valence-electron chi connectivity index (χ0n) is 14.5. The normalized spacial score (nSPS) is 11.9. The standard InChI is InChI=1S/C18H20N2O4S/c1-11(2)14-5-7-15(8-6-14)20-25(21,22)17-10-9-16(23-17)18-12(3)13(4)19-24-18/h5-11,20H,1-4H3. The van der Waals surface area contributed by atoms with Crippen molar-refractivity contribution in [3.05, 3.63) is 53.2 Å². The molecule has 6 nitrogen and oxygen atoms in total.